The Labute approximate surface area is 123 Å². The fraction of sp³-hybridized carbons (Fsp3) is 0.438. The van der Waals surface area contributed by atoms with Gasteiger partial charge in [-0.15, -0.1) is 0 Å². The summed E-state index contributed by atoms with van der Waals surface area (Å²) in [5.41, 5.74) is 2.55. The van der Waals surface area contributed by atoms with Gasteiger partial charge in [0.2, 0.25) is 0 Å². The highest BCUT2D eigenvalue weighted by atomic mass is 19.1. The van der Waals surface area contributed by atoms with Crippen LogP contribution in [0.4, 0.5) is 8.78 Å². The van der Waals surface area contributed by atoms with Crippen LogP contribution in [0, 0.1) is 18.6 Å². The number of nitrogens with zero attached hydrogens (tertiary/aromatic N) is 2. The molecule has 0 atom stereocenters. The number of benzene rings is 1. The van der Waals surface area contributed by atoms with E-state index in [1.54, 1.807) is 6.92 Å². The molecule has 21 heavy (non-hydrogen) atoms. The van der Waals surface area contributed by atoms with Crippen LogP contribution in [0.3, 0.4) is 0 Å². The van der Waals surface area contributed by atoms with E-state index < -0.39 is 5.82 Å². The summed E-state index contributed by atoms with van der Waals surface area (Å²) >= 11 is 0. The Bertz CT molecular complexity index is 677. The van der Waals surface area contributed by atoms with Crippen molar-refractivity contribution in [2.75, 3.05) is 6.54 Å². The van der Waals surface area contributed by atoms with Gasteiger partial charge in [0.1, 0.15) is 17.5 Å². The molecule has 1 N–H and O–H groups in total. The molecule has 2 aromatic rings. The monoisotopic (exact) mass is 291 g/mol. The molecule has 1 aromatic carbocycles. The van der Waals surface area contributed by atoms with E-state index in [2.05, 4.69) is 17.2 Å². The Morgan fingerprint density at radius 1 is 1.29 bits per heavy atom. The molecule has 3 rings (SSSR count). The van der Waals surface area contributed by atoms with E-state index >= 15 is 0 Å². The van der Waals surface area contributed by atoms with Crippen molar-refractivity contribution >= 4 is 0 Å². The van der Waals surface area contributed by atoms with Gasteiger partial charge in [0.25, 0.3) is 0 Å². The van der Waals surface area contributed by atoms with E-state index in [9.17, 15) is 8.78 Å². The molecule has 2 heterocycles. The van der Waals surface area contributed by atoms with Crippen LogP contribution in [0.1, 0.15) is 36.1 Å². The molecule has 0 aliphatic carbocycles. The molecule has 0 radical (unpaired) electrons. The molecule has 5 heteroatoms. The molecule has 0 spiro atoms. The number of hydrogen-bond donors (Lipinski definition) is 1. The molecule has 1 aromatic heterocycles. The average Bonchev–Trinajstić information content (AvgIpc) is 2.81. The van der Waals surface area contributed by atoms with E-state index in [1.807, 2.05) is 4.57 Å². The van der Waals surface area contributed by atoms with Crippen molar-refractivity contribution in [2.24, 2.45) is 0 Å². The van der Waals surface area contributed by atoms with E-state index in [-0.39, 0.29) is 11.5 Å². The molecule has 0 unspecified atom stereocenters. The smallest absolute Gasteiger partial charge is 0.147 e. The van der Waals surface area contributed by atoms with E-state index in [1.165, 1.54) is 12.1 Å². The fourth-order valence-corrected chi connectivity index (χ4v) is 2.85. The first-order valence-corrected chi connectivity index (χ1v) is 7.38. The van der Waals surface area contributed by atoms with Crippen molar-refractivity contribution in [2.45, 2.75) is 39.7 Å². The third-order valence-corrected chi connectivity index (χ3v) is 3.90. The van der Waals surface area contributed by atoms with Gasteiger partial charge in [-0.05, 0) is 25.0 Å². The predicted octanol–water partition coefficient (Wildman–Crippen LogP) is 3.06. The number of aromatic nitrogens is 2. The third kappa shape index (κ3) is 2.46. The summed E-state index contributed by atoms with van der Waals surface area (Å²) in [6.45, 7) is 5.15. The van der Waals surface area contributed by atoms with Crippen LogP contribution in [0.25, 0.3) is 5.69 Å². The second-order valence-corrected chi connectivity index (χ2v) is 5.49. The van der Waals surface area contributed by atoms with Gasteiger partial charge in [0.15, 0.2) is 0 Å². The SMILES string of the molecule is CCCc1nc2c(n1-c1cc(F)c(C)cc1F)CCNC2. The maximum absolute atomic E-state index is 14.4. The lowest BCUT2D eigenvalue weighted by Crippen LogP contribution is -2.25. The summed E-state index contributed by atoms with van der Waals surface area (Å²) in [7, 11) is 0. The van der Waals surface area contributed by atoms with Crippen molar-refractivity contribution in [3.8, 4) is 5.69 Å². The Balaban J connectivity index is 2.21. The minimum atomic E-state index is -0.398. The molecule has 0 amide bonds. The predicted molar refractivity (Wildman–Crippen MR) is 77.6 cm³/mol. The summed E-state index contributed by atoms with van der Waals surface area (Å²) in [6.07, 6.45) is 2.45. The number of imidazole rings is 1. The standard InChI is InChI=1S/C16H19F2N3/c1-3-4-16-20-13-9-19-6-5-14(13)21(16)15-8-11(17)10(2)7-12(15)18/h7-8,19H,3-6,9H2,1-2H3. The largest absolute Gasteiger partial charge is 0.311 e. The average molecular weight is 291 g/mol. The first-order valence-electron chi connectivity index (χ1n) is 7.38. The normalized spacial score (nSPS) is 14.3. The lowest BCUT2D eigenvalue weighted by Gasteiger charge is -2.17. The van der Waals surface area contributed by atoms with Crippen LogP contribution >= 0.6 is 0 Å². The molecule has 0 saturated carbocycles. The quantitative estimate of drug-likeness (QED) is 0.942. The lowest BCUT2D eigenvalue weighted by atomic mass is 10.1. The minimum Gasteiger partial charge on any atom is -0.311 e. The summed E-state index contributed by atoms with van der Waals surface area (Å²) in [4.78, 5) is 4.62. The van der Waals surface area contributed by atoms with E-state index in [0.29, 0.717) is 12.1 Å². The van der Waals surface area contributed by atoms with Crippen LogP contribution in [-0.2, 0) is 19.4 Å². The summed E-state index contributed by atoms with van der Waals surface area (Å²) in [5, 5.41) is 3.27. The highest BCUT2D eigenvalue weighted by Gasteiger charge is 2.22. The molecule has 0 bridgehead atoms. The van der Waals surface area contributed by atoms with Gasteiger partial charge < -0.3 is 5.32 Å². The highest BCUT2D eigenvalue weighted by Crippen LogP contribution is 2.26. The molecule has 1 aliphatic heterocycles. The molecule has 0 saturated heterocycles. The van der Waals surface area contributed by atoms with Crippen molar-refractivity contribution in [1.82, 2.24) is 14.9 Å². The van der Waals surface area contributed by atoms with Crippen LogP contribution in [0.5, 0.6) is 0 Å². The zero-order chi connectivity index (χ0) is 15.0. The van der Waals surface area contributed by atoms with Crippen molar-refractivity contribution in [3.05, 3.63) is 46.5 Å². The third-order valence-electron chi connectivity index (χ3n) is 3.90. The zero-order valence-corrected chi connectivity index (χ0v) is 12.3. The van der Waals surface area contributed by atoms with Crippen LogP contribution in [0.2, 0.25) is 0 Å². The van der Waals surface area contributed by atoms with Crippen molar-refractivity contribution < 1.29 is 8.78 Å². The Hall–Kier alpha value is -1.75. The van der Waals surface area contributed by atoms with Gasteiger partial charge in [-0.3, -0.25) is 4.57 Å². The first-order chi connectivity index (χ1) is 10.1. The summed E-state index contributed by atoms with van der Waals surface area (Å²) in [6, 6.07) is 2.54. The fourth-order valence-electron chi connectivity index (χ4n) is 2.85. The molecule has 112 valence electrons. The topological polar surface area (TPSA) is 29.9 Å². The number of fused-ring (bicyclic) bond motifs is 1. The number of nitrogens with one attached hydrogen (secondary N) is 1. The summed E-state index contributed by atoms with van der Waals surface area (Å²) in [5.74, 6) is 0.0311. The van der Waals surface area contributed by atoms with Gasteiger partial charge in [0, 0.05) is 37.7 Å². The lowest BCUT2D eigenvalue weighted by molar-refractivity contribution is 0.576. The Morgan fingerprint density at radius 3 is 2.86 bits per heavy atom. The first kappa shape index (κ1) is 14.2. The molecular formula is C16H19F2N3. The van der Waals surface area contributed by atoms with Crippen molar-refractivity contribution in [3.63, 3.8) is 0 Å². The second-order valence-electron chi connectivity index (χ2n) is 5.49. The Morgan fingerprint density at radius 2 is 2.10 bits per heavy atom. The maximum Gasteiger partial charge on any atom is 0.147 e. The van der Waals surface area contributed by atoms with E-state index in [4.69, 9.17) is 0 Å². The van der Waals surface area contributed by atoms with Crippen LogP contribution in [0.15, 0.2) is 12.1 Å². The number of halogens is 2. The Kier molecular flexibility index (Phi) is 3.76. The van der Waals surface area contributed by atoms with Crippen LogP contribution < -0.4 is 5.32 Å². The van der Waals surface area contributed by atoms with E-state index in [0.717, 1.165) is 43.0 Å². The second kappa shape index (κ2) is 5.56. The maximum atomic E-state index is 14.4. The number of rotatable bonds is 3. The zero-order valence-electron chi connectivity index (χ0n) is 12.3. The van der Waals surface area contributed by atoms with Gasteiger partial charge in [-0.25, -0.2) is 13.8 Å². The molecule has 0 fully saturated rings. The number of hydrogen-bond acceptors (Lipinski definition) is 2. The molecule has 1 aliphatic rings. The van der Waals surface area contributed by atoms with Gasteiger partial charge in [-0.1, -0.05) is 6.92 Å². The highest BCUT2D eigenvalue weighted by molar-refractivity contribution is 5.42. The van der Waals surface area contributed by atoms with Crippen molar-refractivity contribution in [1.29, 1.82) is 0 Å². The van der Waals surface area contributed by atoms with Crippen LogP contribution in [-0.4, -0.2) is 16.1 Å². The number of aryl methyl sites for hydroxylation is 2. The minimum absolute atomic E-state index is 0.275. The summed E-state index contributed by atoms with van der Waals surface area (Å²) < 4.78 is 30.1. The van der Waals surface area contributed by atoms with Gasteiger partial charge >= 0.3 is 0 Å². The van der Waals surface area contributed by atoms with Gasteiger partial charge in [0.05, 0.1) is 11.4 Å². The van der Waals surface area contributed by atoms with Gasteiger partial charge in [-0.2, -0.15) is 0 Å². The molecular weight excluding hydrogens is 272 g/mol. The molecule has 3 nitrogen and oxygen atoms in total.